The summed E-state index contributed by atoms with van der Waals surface area (Å²) < 4.78 is 31.2. The number of hydrogen-bond donors (Lipinski definition) is 2. The lowest BCUT2D eigenvalue weighted by Gasteiger charge is -2.30. The predicted octanol–water partition coefficient (Wildman–Crippen LogP) is 1.61. The summed E-state index contributed by atoms with van der Waals surface area (Å²) in [7, 11) is 0. The van der Waals surface area contributed by atoms with E-state index in [4.69, 9.17) is 9.84 Å². The fraction of sp³-hybridized carbons (Fsp3) is 0.300. The fourth-order valence-corrected chi connectivity index (χ4v) is 1.59. The van der Waals surface area contributed by atoms with Gasteiger partial charge in [0.1, 0.15) is 17.3 Å². The molecule has 0 saturated carbocycles. The molecule has 0 bridgehead atoms. The number of nitrogens with one attached hydrogen (secondary N) is 1. The van der Waals surface area contributed by atoms with Crippen LogP contribution >= 0.6 is 0 Å². The third kappa shape index (κ3) is 1.66. The molecule has 1 heterocycles. The Kier molecular flexibility index (Phi) is 2.41. The first-order valence-corrected chi connectivity index (χ1v) is 4.64. The number of anilines is 1. The summed E-state index contributed by atoms with van der Waals surface area (Å²) in [6.07, 6.45) is -1.16. The third-order valence-electron chi connectivity index (χ3n) is 2.34. The Hall–Kier alpha value is -1.85. The molecule has 0 radical (unpaired) electrons. The van der Waals surface area contributed by atoms with Crippen LogP contribution in [0.2, 0.25) is 0 Å². The van der Waals surface area contributed by atoms with Crippen LogP contribution in [0.1, 0.15) is 6.92 Å². The normalized spacial score (nSPS) is 22.9. The number of fused-ring (bicyclic) bond motifs is 1. The highest BCUT2D eigenvalue weighted by Crippen LogP contribution is 2.34. The number of benzene rings is 1. The number of aliphatic carboxylic acids is 1. The molecular weight excluding hydrogens is 220 g/mol. The van der Waals surface area contributed by atoms with Crippen LogP contribution in [0.3, 0.4) is 0 Å². The second-order valence-corrected chi connectivity index (χ2v) is 3.57. The lowest BCUT2D eigenvalue weighted by molar-refractivity contribution is -0.145. The van der Waals surface area contributed by atoms with Crippen LogP contribution in [-0.4, -0.2) is 23.2 Å². The van der Waals surface area contributed by atoms with Gasteiger partial charge in [-0.3, -0.25) is 0 Å². The molecular formula is C10H9F2NO3. The number of carboxylic acids is 1. The van der Waals surface area contributed by atoms with E-state index in [0.717, 1.165) is 6.07 Å². The highest BCUT2D eigenvalue weighted by atomic mass is 19.1. The van der Waals surface area contributed by atoms with Crippen molar-refractivity contribution in [1.29, 1.82) is 0 Å². The number of carbonyl (C=O) groups is 1. The first-order chi connectivity index (χ1) is 7.49. The molecule has 1 aliphatic rings. The maximum atomic E-state index is 13.3. The molecule has 0 spiro atoms. The number of rotatable bonds is 1. The standard InChI is InChI=1S/C10H9F2NO3/c1-4-9(10(14)15)16-7-3-5(11)2-6(12)8(7)13-4/h2-4,9,13H,1H3,(H,14,15). The van der Waals surface area contributed by atoms with Gasteiger partial charge in [0.05, 0.1) is 6.04 Å². The van der Waals surface area contributed by atoms with Gasteiger partial charge in [0, 0.05) is 12.1 Å². The fourth-order valence-electron chi connectivity index (χ4n) is 1.59. The molecule has 1 aromatic carbocycles. The van der Waals surface area contributed by atoms with E-state index in [2.05, 4.69) is 5.32 Å². The molecule has 0 amide bonds. The Morgan fingerprint density at radius 2 is 2.19 bits per heavy atom. The topological polar surface area (TPSA) is 58.6 Å². The number of halogens is 2. The Labute approximate surface area is 89.8 Å². The summed E-state index contributed by atoms with van der Waals surface area (Å²) in [6.45, 7) is 1.55. The smallest absolute Gasteiger partial charge is 0.347 e. The minimum Gasteiger partial charge on any atom is -0.478 e. The first-order valence-electron chi connectivity index (χ1n) is 4.64. The van der Waals surface area contributed by atoms with Crippen molar-refractivity contribution in [2.75, 3.05) is 5.32 Å². The Balaban J connectivity index is 2.43. The van der Waals surface area contributed by atoms with E-state index in [-0.39, 0.29) is 11.4 Å². The van der Waals surface area contributed by atoms with Crippen molar-refractivity contribution in [3.63, 3.8) is 0 Å². The monoisotopic (exact) mass is 229 g/mol. The molecule has 86 valence electrons. The van der Waals surface area contributed by atoms with Gasteiger partial charge in [0.15, 0.2) is 5.82 Å². The van der Waals surface area contributed by atoms with Crippen molar-refractivity contribution in [1.82, 2.24) is 0 Å². The second kappa shape index (κ2) is 3.62. The van der Waals surface area contributed by atoms with E-state index in [9.17, 15) is 13.6 Å². The van der Waals surface area contributed by atoms with E-state index in [1.54, 1.807) is 6.92 Å². The quantitative estimate of drug-likeness (QED) is 0.768. The molecule has 0 aromatic heterocycles. The summed E-state index contributed by atoms with van der Waals surface area (Å²) in [5.74, 6) is -2.92. The Morgan fingerprint density at radius 3 is 2.81 bits per heavy atom. The zero-order valence-electron chi connectivity index (χ0n) is 8.33. The molecule has 2 N–H and O–H groups in total. The summed E-state index contributed by atoms with van der Waals surface area (Å²) in [5.41, 5.74) is -0.00796. The minimum atomic E-state index is -1.18. The Bertz CT molecular complexity index is 450. The number of ether oxygens (including phenoxy) is 1. The van der Waals surface area contributed by atoms with Gasteiger partial charge in [0.25, 0.3) is 0 Å². The molecule has 2 rings (SSSR count). The highest BCUT2D eigenvalue weighted by Gasteiger charge is 2.33. The van der Waals surface area contributed by atoms with E-state index in [1.807, 2.05) is 0 Å². The molecule has 2 atom stereocenters. The molecule has 16 heavy (non-hydrogen) atoms. The van der Waals surface area contributed by atoms with Crippen LogP contribution in [0.25, 0.3) is 0 Å². The zero-order valence-corrected chi connectivity index (χ0v) is 8.33. The van der Waals surface area contributed by atoms with Crippen molar-refractivity contribution in [2.45, 2.75) is 19.1 Å². The maximum absolute atomic E-state index is 13.3. The van der Waals surface area contributed by atoms with Gasteiger partial charge in [-0.1, -0.05) is 0 Å². The van der Waals surface area contributed by atoms with Gasteiger partial charge in [0.2, 0.25) is 6.10 Å². The third-order valence-corrected chi connectivity index (χ3v) is 2.34. The van der Waals surface area contributed by atoms with Gasteiger partial charge in [-0.2, -0.15) is 0 Å². The first kappa shape index (κ1) is 10.7. The van der Waals surface area contributed by atoms with Crippen molar-refractivity contribution in [2.24, 2.45) is 0 Å². The van der Waals surface area contributed by atoms with E-state index in [0.29, 0.717) is 6.07 Å². The van der Waals surface area contributed by atoms with Crippen LogP contribution < -0.4 is 10.1 Å². The summed E-state index contributed by atoms with van der Waals surface area (Å²) in [4.78, 5) is 10.8. The zero-order chi connectivity index (χ0) is 11.9. The van der Waals surface area contributed by atoms with Crippen LogP contribution in [0.5, 0.6) is 5.75 Å². The molecule has 2 unspecified atom stereocenters. The largest absolute Gasteiger partial charge is 0.478 e. The molecule has 0 fully saturated rings. The number of carboxylic acid groups (broad SMARTS) is 1. The van der Waals surface area contributed by atoms with Crippen LogP contribution in [0.15, 0.2) is 12.1 Å². The van der Waals surface area contributed by atoms with E-state index >= 15 is 0 Å². The summed E-state index contributed by atoms with van der Waals surface area (Å²) >= 11 is 0. The lowest BCUT2D eigenvalue weighted by Crippen LogP contribution is -2.45. The minimum absolute atomic E-state index is 0.00796. The van der Waals surface area contributed by atoms with Crippen molar-refractivity contribution < 1.29 is 23.4 Å². The van der Waals surface area contributed by atoms with Gasteiger partial charge in [-0.05, 0) is 6.92 Å². The predicted molar refractivity (Wildman–Crippen MR) is 51.5 cm³/mol. The number of hydrogen-bond acceptors (Lipinski definition) is 3. The average molecular weight is 229 g/mol. The molecule has 4 nitrogen and oxygen atoms in total. The van der Waals surface area contributed by atoms with Gasteiger partial charge in [-0.15, -0.1) is 0 Å². The van der Waals surface area contributed by atoms with Crippen molar-refractivity contribution >= 4 is 11.7 Å². The van der Waals surface area contributed by atoms with Gasteiger partial charge in [-0.25, -0.2) is 13.6 Å². The molecule has 0 saturated heterocycles. The molecule has 0 aliphatic carbocycles. The van der Waals surface area contributed by atoms with Gasteiger partial charge < -0.3 is 15.2 Å². The summed E-state index contributed by atoms with van der Waals surface area (Å²) in [6, 6.07) is 1.07. The van der Waals surface area contributed by atoms with Crippen molar-refractivity contribution in [3.05, 3.63) is 23.8 Å². The van der Waals surface area contributed by atoms with E-state index < -0.39 is 29.7 Å². The van der Waals surface area contributed by atoms with Crippen LogP contribution in [0.4, 0.5) is 14.5 Å². The SMILES string of the molecule is CC1Nc2c(F)cc(F)cc2OC1C(=O)O. The Morgan fingerprint density at radius 1 is 1.50 bits per heavy atom. The molecule has 1 aliphatic heterocycles. The molecule has 1 aromatic rings. The maximum Gasteiger partial charge on any atom is 0.347 e. The van der Waals surface area contributed by atoms with Crippen LogP contribution in [0, 0.1) is 11.6 Å². The average Bonchev–Trinajstić information content (AvgIpc) is 2.18. The lowest BCUT2D eigenvalue weighted by atomic mass is 10.1. The van der Waals surface area contributed by atoms with Crippen LogP contribution in [-0.2, 0) is 4.79 Å². The van der Waals surface area contributed by atoms with E-state index in [1.165, 1.54) is 0 Å². The second-order valence-electron chi connectivity index (χ2n) is 3.57. The summed E-state index contributed by atoms with van der Waals surface area (Å²) in [5, 5.41) is 11.5. The highest BCUT2D eigenvalue weighted by molar-refractivity contribution is 5.76. The molecule has 6 heteroatoms. The van der Waals surface area contributed by atoms with Crippen molar-refractivity contribution in [3.8, 4) is 5.75 Å². The van der Waals surface area contributed by atoms with Gasteiger partial charge >= 0.3 is 5.97 Å².